The maximum atomic E-state index is 12.1. The molecule has 2 aromatic rings. The van der Waals surface area contributed by atoms with Crippen LogP contribution in [0.2, 0.25) is 0 Å². The Hall–Kier alpha value is -2.56. The summed E-state index contributed by atoms with van der Waals surface area (Å²) >= 11 is 0. The zero-order valence-corrected chi connectivity index (χ0v) is 10.7. The van der Waals surface area contributed by atoms with E-state index in [0.29, 0.717) is 11.3 Å². The normalized spacial score (nSPS) is 10.2. The Balaban J connectivity index is 2.57. The predicted octanol–water partition coefficient (Wildman–Crippen LogP) is 1.51. The van der Waals surface area contributed by atoms with Crippen molar-refractivity contribution in [3.05, 3.63) is 58.0 Å². The average molecular weight is 258 g/mol. The number of pyridine rings is 1. The van der Waals surface area contributed by atoms with Crippen molar-refractivity contribution in [2.45, 2.75) is 6.92 Å². The number of hydrogen-bond donors (Lipinski definition) is 1. The van der Waals surface area contributed by atoms with Crippen LogP contribution in [0.3, 0.4) is 0 Å². The molecule has 98 valence electrons. The molecule has 5 nitrogen and oxygen atoms in total. The molecule has 0 saturated heterocycles. The summed E-state index contributed by atoms with van der Waals surface area (Å²) in [5.41, 5.74) is 7.29. The first-order valence-corrected chi connectivity index (χ1v) is 5.71. The van der Waals surface area contributed by atoms with E-state index >= 15 is 0 Å². The first-order valence-electron chi connectivity index (χ1n) is 5.71. The van der Waals surface area contributed by atoms with E-state index in [1.54, 1.807) is 43.5 Å². The van der Waals surface area contributed by atoms with Crippen LogP contribution in [0, 0.1) is 6.92 Å². The molecule has 0 spiro atoms. The van der Waals surface area contributed by atoms with Crippen molar-refractivity contribution in [1.82, 2.24) is 4.57 Å². The topological polar surface area (TPSA) is 74.3 Å². The number of benzene rings is 1. The zero-order chi connectivity index (χ0) is 14.0. The van der Waals surface area contributed by atoms with Gasteiger partial charge in [-0.1, -0.05) is 6.07 Å². The van der Waals surface area contributed by atoms with E-state index in [1.807, 2.05) is 0 Å². The van der Waals surface area contributed by atoms with Gasteiger partial charge in [-0.3, -0.25) is 9.36 Å². The maximum absolute atomic E-state index is 12.1. The summed E-state index contributed by atoms with van der Waals surface area (Å²) in [6.45, 7) is 1.77. The van der Waals surface area contributed by atoms with Gasteiger partial charge in [0.15, 0.2) is 0 Å². The largest absolute Gasteiger partial charge is 0.465 e. The first-order chi connectivity index (χ1) is 9.04. The third-order valence-corrected chi connectivity index (χ3v) is 2.89. The lowest BCUT2D eigenvalue weighted by Crippen LogP contribution is -2.22. The number of nitrogens with zero attached hydrogens (tertiary/aromatic N) is 1. The molecule has 1 aromatic heterocycles. The second-order valence-corrected chi connectivity index (χ2v) is 4.13. The quantitative estimate of drug-likeness (QED) is 0.829. The fourth-order valence-electron chi connectivity index (χ4n) is 1.75. The first kappa shape index (κ1) is 12.9. The van der Waals surface area contributed by atoms with E-state index in [0.717, 1.165) is 5.56 Å². The molecule has 0 saturated carbocycles. The van der Waals surface area contributed by atoms with Gasteiger partial charge < -0.3 is 10.5 Å². The molecule has 1 aromatic carbocycles. The summed E-state index contributed by atoms with van der Waals surface area (Å²) in [5.74, 6) is -0.449. The zero-order valence-electron chi connectivity index (χ0n) is 10.7. The Morgan fingerprint density at radius 3 is 2.74 bits per heavy atom. The molecule has 0 aliphatic heterocycles. The monoisotopic (exact) mass is 258 g/mol. The molecule has 0 radical (unpaired) electrons. The van der Waals surface area contributed by atoms with Crippen LogP contribution >= 0.6 is 0 Å². The van der Waals surface area contributed by atoms with Gasteiger partial charge in [0.2, 0.25) is 0 Å². The Labute approximate surface area is 110 Å². The molecular weight excluding hydrogens is 244 g/mol. The molecule has 1 heterocycles. The van der Waals surface area contributed by atoms with E-state index in [9.17, 15) is 9.59 Å². The van der Waals surface area contributed by atoms with Crippen LogP contribution in [-0.4, -0.2) is 17.6 Å². The lowest BCUT2D eigenvalue weighted by atomic mass is 10.2. The molecule has 0 atom stereocenters. The van der Waals surface area contributed by atoms with Crippen LogP contribution < -0.4 is 11.3 Å². The minimum Gasteiger partial charge on any atom is -0.465 e. The van der Waals surface area contributed by atoms with Crippen LogP contribution in [0.4, 0.5) is 5.69 Å². The highest BCUT2D eigenvalue weighted by Crippen LogP contribution is 2.12. The van der Waals surface area contributed by atoms with Crippen molar-refractivity contribution >= 4 is 11.7 Å². The third kappa shape index (κ3) is 2.35. The van der Waals surface area contributed by atoms with E-state index in [-0.39, 0.29) is 11.2 Å². The van der Waals surface area contributed by atoms with Gasteiger partial charge in [0, 0.05) is 11.9 Å². The van der Waals surface area contributed by atoms with Gasteiger partial charge in [-0.25, -0.2) is 4.79 Å². The summed E-state index contributed by atoms with van der Waals surface area (Å²) < 4.78 is 6.05. The number of anilines is 1. The SMILES string of the molecule is COC(=O)c1cccc(-n2ccc(C)c(N)c2=O)c1. The third-order valence-electron chi connectivity index (χ3n) is 2.89. The minimum absolute atomic E-state index is 0.200. The number of hydrogen-bond acceptors (Lipinski definition) is 4. The maximum Gasteiger partial charge on any atom is 0.337 e. The van der Waals surface area contributed by atoms with Crippen LogP contribution in [0.25, 0.3) is 5.69 Å². The molecule has 0 aliphatic rings. The number of carbonyl (C=O) groups excluding carboxylic acids is 1. The fourth-order valence-corrected chi connectivity index (χ4v) is 1.75. The number of aromatic nitrogens is 1. The van der Waals surface area contributed by atoms with Gasteiger partial charge in [-0.2, -0.15) is 0 Å². The van der Waals surface area contributed by atoms with Crippen LogP contribution in [0.5, 0.6) is 0 Å². The number of methoxy groups -OCH3 is 1. The Kier molecular flexibility index (Phi) is 3.37. The van der Waals surface area contributed by atoms with Crippen molar-refractivity contribution in [3.8, 4) is 5.69 Å². The van der Waals surface area contributed by atoms with Gasteiger partial charge in [0.05, 0.1) is 12.7 Å². The van der Waals surface area contributed by atoms with Crippen molar-refractivity contribution < 1.29 is 9.53 Å². The highest BCUT2D eigenvalue weighted by atomic mass is 16.5. The van der Waals surface area contributed by atoms with Crippen LogP contribution in [-0.2, 0) is 4.74 Å². The number of esters is 1. The molecule has 2 rings (SSSR count). The number of rotatable bonds is 2. The Bertz CT molecular complexity index is 689. The smallest absolute Gasteiger partial charge is 0.337 e. The lowest BCUT2D eigenvalue weighted by molar-refractivity contribution is 0.0600. The van der Waals surface area contributed by atoms with Crippen molar-refractivity contribution in [2.75, 3.05) is 12.8 Å². The Morgan fingerprint density at radius 2 is 2.05 bits per heavy atom. The molecular formula is C14H14N2O3. The van der Waals surface area contributed by atoms with Gasteiger partial charge in [0.25, 0.3) is 5.56 Å². The van der Waals surface area contributed by atoms with E-state index in [1.165, 1.54) is 11.7 Å². The Morgan fingerprint density at radius 1 is 1.32 bits per heavy atom. The summed E-state index contributed by atoms with van der Waals surface area (Å²) in [7, 11) is 1.31. The molecule has 19 heavy (non-hydrogen) atoms. The number of ether oxygens (including phenoxy) is 1. The summed E-state index contributed by atoms with van der Waals surface area (Å²) in [6.07, 6.45) is 1.63. The van der Waals surface area contributed by atoms with Crippen LogP contribution in [0.15, 0.2) is 41.3 Å². The van der Waals surface area contributed by atoms with Gasteiger partial charge in [0.1, 0.15) is 5.69 Å². The van der Waals surface area contributed by atoms with E-state index in [2.05, 4.69) is 4.74 Å². The van der Waals surface area contributed by atoms with Crippen molar-refractivity contribution in [1.29, 1.82) is 0 Å². The fraction of sp³-hybridized carbons (Fsp3) is 0.143. The second-order valence-electron chi connectivity index (χ2n) is 4.13. The van der Waals surface area contributed by atoms with E-state index in [4.69, 9.17) is 5.73 Å². The molecule has 0 amide bonds. The molecule has 0 unspecified atom stereocenters. The summed E-state index contributed by atoms with van der Waals surface area (Å²) in [5, 5.41) is 0. The average Bonchev–Trinajstić information content (AvgIpc) is 2.44. The van der Waals surface area contributed by atoms with Crippen molar-refractivity contribution in [3.63, 3.8) is 0 Å². The second kappa shape index (κ2) is 4.97. The number of carbonyl (C=O) groups is 1. The van der Waals surface area contributed by atoms with Crippen LogP contribution in [0.1, 0.15) is 15.9 Å². The van der Waals surface area contributed by atoms with Crippen molar-refractivity contribution in [2.24, 2.45) is 0 Å². The lowest BCUT2D eigenvalue weighted by Gasteiger charge is -2.09. The molecule has 5 heteroatoms. The summed E-state index contributed by atoms with van der Waals surface area (Å²) in [6, 6.07) is 8.37. The molecule has 0 aliphatic carbocycles. The van der Waals surface area contributed by atoms with Gasteiger partial charge >= 0.3 is 5.97 Å². The molecule has 0 fully saturated rings. The number of nitrogens with two attached hydrogens (primary N) is 1. The minimum atomic E-state index is -0.449. The van der Waals surface area contributed by atoms with Gasteiger partial charge in [-0.15, -0.1) is 0 Å². The molecule has 0 bridgehead atoms. The van der Waals surface area contributed by atoms with E-state index < -0.39 is 5.97 Å². The highest BCUT2D eigenvalue weighted by molar-refractivity contribution is 5.89. The van der Waals surface area contributed by atoms with Gasteiger partial charge in [-0.05, 0) is 36.8 Å². The highest BCUT2D eigenvalue weighted by Gasteiger charge is 2.09. The standard InChI is InChI=1S/C14H14N2O3/c1-9-6-7-16(13(17)12(9)15)11-5-3-4-10(8-11)14(18)19-2/h3-8H,15H2,1-2H3. The molecule has 2 N–H and O–H groups in total. The summed E-state index contributed by atoms with van der Waals surface area (Å²) in [4.78, 5) is 23.5. The number of aryl methyl sites for hydroxylation is 1. The number of nitrogen functional groups attached to an aromatic ring is 1. The predicted molar refractivity (Wildman–Crippen MR) is 72.5 cm³/mol.